The van der Waals surface area contributed by atoms with E-state index in [0.717, 1.165) is 22.7 Å². The molecule has 6 nitrogen and oxygen atoms in total. The van der Waals surface area contributed by atoms with Gasteiger partial charge in [-0.1, -0.05) is 6.07 Å². The fourth-order valence-electron chi connectivity index (χ4n) is 2.95. The Hall–Kier alpha value is -3.20. The third-order valence-electron chi connectivity index (χ3n) is 4.26. The van der Waals surface area contributed by atoms with Gasteiger partial charge in [0.1, 0.15) is 5.75 Å². The number of hydrogen-bond donors (Lipinski definition) is 1. The third-order valence-corrected chi connectivity index (χ3v) is 4.26. The summed E-state index contributed by atoms with van der Waals surface area (Å²) in [6.45, 7) is 0. The summed E-state index contributed by atoms with van der Waals surface area (Å²) >= 11 is 0. The van der Waals surface area contributed by atoms with E-state index in [1.165, 1.54) is 13.1 Å². The van der Waals surface area contributed by atoms with Crippen LogP contribution in [0.3, 0.4) is 0 Å². The van der Waals surface area contributed by atoms with Crippen molar-refractivity contribution >= 4 is 29.0 Å². The summed E-state index contributed by atoms with van der Waals surface area (Å²) in [6, 6.07) is 9.56. The number of nitrogens with zero attached hydrogens (tertiary/aromatic N) is 4. The van der Waals surface area contributed by atoms with Gasteiger partial charge in [0, 0.05) is 43.6 Å². The van der Waals surface area contributed by atoms with Crippen molar-refractivity contribution in [3.8, 4) is 17.3 Å². The molecule has 1 N–H and O–H groups in total. The van der Waals surface area contributed by atoms with Crippen LogP contribution in [-0.2, 0) is 13.2 Å². The standard InChI is InChI=1S/C19H16F3N5O.ClH/c1-23-12-8-17(19(20,21)22)25-18(9-12)28-16-5-3-4-15-14(16)6-7-27(15)13-10-24-26(2)11-13;/h3-11H,1-2H3,(H,23,25);1H. The van der Waals surface area contributed by atoms with Gasteiger partial charge in [-0.25, -0.2) is 4.98 Å². The van der Waals surface area contributed by atoms with Crippen molar-refractivity contribution in [2.75, 3.05) is 12.4 Å². The fourth-order valence-corrected chi connectivity index (χ4v) is 2.95. The van der Waals surface area contributed by atoms with Gasteiger partial charge < -0.3 is 14.6 Å². The second-order valence-corrected chi connectivity index (χ2v) is 6.18. The zero-order valence-corrected chi connectivity index (χ0v) is 16.3. The molecule has 0 amide bonds. The quantitative estimate of drug-likeness (QED) is 0.500. The second-order valence-electron chi connectivity index (χ2n) is 6.18. The monoisotopic (exact) mass is 423 g/mol. The van der Waals surface area contributed by atoms with Gasteiger partial charge in [-0.15, -0.1) is 12.4 Å². The Morgan fingerprint density at radius 2 is 1.93 bits per heavy atom. The van der Waals surface area contributed by atoms with Crippen LogP contribution in [0.1, 0.15) is 5.69 Å². The van der Waals surface area contributed by atoms with Gasteiger partial charge in [0.2, 0.25) is 5.88 Å². The van der Waals surface area contributed by atoms with Crippen molar-refractivity contribution in [1.82, 2.24) is 19.3 Å². The molecule has 29 heavy (non-hydrogen) atoms. The highest BCUT2D eigenvalue weighted by Crippen LogP contribution is 2.35. The predicted octanol–water partition coefficient (Wildman–Crippen LogP) is 5.03. The molecule has 10 heteroatoms. The maximum atomic E-state index is 13.1. The Morgan fingerprint density at radius 1 is 1.14 bits per heavy atom. The van der Waals surface area contributed by atoms with E-state index >= 15 is 0 Å². The van der Waals surface area contributed by atoms with Crippen LogP contribution < -0.4 is 10.1 Å². The largest absolute Gasteiger partial charge is 0.438 e. The number of rotatable bonds is 4. The molecule has 0 bridgehead atoms. The maximum absolute atomic E-state index is 13.1. The first kappa shape index (κ1) is 20.5. The summed E-state index contributed by atoms with van der Waals surface area (Å²) in [4.78, 5) is 3.62. The Labute approximate surface area is 170 Å². The van der Waals surface area contributed by atoms with E-state index in [9.17, 15) is 13.2 Å². The molecule has 3 heterocycles. The van der Waals surface area contributed by atoms with Crippen LogP contribution in [-0.4, -0.2) is 26.4 Å². The molecule has 3 aromatic heterocycles. The number of hydrogen-bond acceptors (Lipinski definition) is 4. The van der Waals surface area contributed by atoms with Crippen LogP contribution in [0.2, 0.25) is 0 Å². The van der Waals surface area contributed by atoms with Gasteiger partial charge in [-0.3, -0.25) is 4.68 Å². The molecule has 4 aromatic rings. The number of anilines is 1. The van der Waals surface area contributed by atoms with Crippen LogP contribution in [0.4, 0.5) is 18.9 Å². The normalized spacial score (nSPS) is 11.3. The van der Waals surface area contributed by atoms with Gasteiger partial charge in [-0.2, -0.15) is 18.3 Å². The number of fused-ring (bicyclic) bond motifs is 1. The van der Waals surface area contributed by atoms with Gasteiger partial charge in [0.25, 0.3) is 0 Å². The fraction of sp³-hybridized carbons (Fsp3) is 0.158. The number of ether oxygens (including phenoxy) is 1. The van der Waals surface area contributed by atoms with E-state index in [2.05, 4.69) is 15.4 Å². The number of benzene rings is 1. The SMILES string of the molecule is CNc1cc(Oc2cccc3c2ccn3-c2cnn(C)c2)nc(C(F)(F)F)c1.Cl. The number of nitrogens with one attached hydrogen (secondary N) is 1. The van der Waals surface area contributed by atoms with E-state index in [1.807, 2.05) is 36.1 Å². The lowest BCUT2D eigenvalue weighted by atomic mass is 10.2. The van der Waals surface area contributed by atoms with Gasteiger partial charge in [0.05, 0.1) is 17.4 Å². The smallest absolute Gasteiger partial charge is 0.433 e. The summed E-state index contributed by atoms with van der Waals surface area (Å²) in [6.07, 6.45) is 0.870. The predicted molar refractivity (Wildman–Crippen MR) is 106 cm³/mol. The number of pyridine rings is 1. The highest BCUT2D eigenvalue weighted by Gasteiger charge is 2.33. The molecule has 0 aliphatic carbocycles. The molecule has 1 aromatic carbocycles. The van der Waals surface area contributed by atoms with E-state index in [-0.39, 0.29) is 24.0 Å². The average Bonchev–Trinajstić information content (AvgIpc) is 3.27. The van der Waals surface area contributed by atoms with Gasteiger partial charge in [0.15, 0.2) is 5.69 Å². The molecule has 0 spiro atoms. The molecular weight excluding hydrogens is 407 g/mol. The topological polar surface area (TPSA) is 56.9 Å². The molecule has 0 aliphatic rings. The van der Waals surface area contributed by atoms with Crippen LogP contribution in [0.25, 0.3) is 16.6 Å². The van der Waals surface area contributed by atoms with Gasteiger partial charge in [-0.05, 0) is 24.3 Å². The number of alkyl halides is 3. The summed E-state index contributed by atoms with van der Waals surface area (Å²) in [5.41, 5.74) is 0.947. The van der Waals surface area contributed by atoms with E-state index < -0.39 is 11.9 Å². The Kier molecular flexibility index (Phi) is 5.43. The van der Waals surface area contributed by atoms with Crippen molar-refractivity contribution in [1.29, 1.82) is 0 Å². The molecule has 0 fully saturated rings. The maximum Gasteiger partial charge on any atom is 0.433 e. The van der Waals surface area contributed by atoms with Crippen LogP contribution in [0.5, 0.6) is 11.6 Å². The molecule has 0 saturated carbocycles. The lowest BCUT2D eigenvalue weighted by Gasteiger charge is -2.12. The van der Waals surface area contributed by atoms with Crippen LogP contribution >= 0.6 is 12.4 Å². The minimum Gasteiger partial charge on any atom is -0.438 e. The number of aromatic nitrogens is 4. The first-order chi connectivity index (χ1) is 13.3. The summed E-state index contributed by atoms with van der Waals surface area (Å²) in [5, 5.41) is 7.61. The van der Waals surface area contributed by atoms with Crippen LogP contribution in [0, 0.1) is 0 Å². The first-order valence-corrected chi connectivity index (χ1v) is 8.39. The summed E-state index contributed by atoms with van der Waals surface area (Å²) in [7, 11) is 3.36. The molecule has 0 saturated heterocycles. The summed E-state index contributed by atoms with van der Waals surface area (Å²) in [5.74, 6) is 0.273. The molecule has 0 radical (unpaired) electrons. The summed E-state index contributed by atoms with van der Waals surface area (Å²) < 4.78 is 48.7. The van der Waals surface area contributed by atoms with Crippen LogP contribution in [0.15, 0.2) is 55.0 Å². The molecular formula is C19H17ClF3N5O. The third kappa shape index (κ3) is 4.00. The lowest BCUT2D eigenvalue weighted by molar-refractivity contribution is -0.141. The minimum absolute atomic E-state index is 0. The lowest BCUT2D eigenvalue weighted by Crippen LogP contribution is -2.09. The second kappa shape index (κ2) is 7.67. The number of halogens is 4. The minimum atomic E-state index is -4.57. The van der Waals surface area contributed by atoms with E-state index in [0.29, 0.717) is 5.75 Å². The van der Waals surface area contributed by atoms with E-state index in [1.54, 1.807) is 23.0 Å². The van der Waals surface area contributed by atoms with E-state index in [4.69, 9.17) is 4.74 Å². The Morgan fingerprint density at radius 3 is 2.59 bits per heavy atom. The van der Waals surface area contributed by atoms with Crippen molar-refractivity contribution < 1.29 is 17.9 Å². The number of aryl methyl sites for hydroxylation is 1. The zero-order valence-electron chi connectivity index (χ0n) is 15.4. The highest BCUT2D eigenvalue weighted by molar-refractivity contribution is 5.88. The molecule has 152 valence electrons. The highest BCUT2D eigenvalue weighted by atomic mass is 35.5. The Balaban J connectivity index is 0.00000240. The first-order valence-electron chi connectivity index (χ1n) is 8.39. The van der Waals surface area contributed by atoms with Crippen molar-refractivity contribution in [2.24, 2.45) is 7.05 Å². The Bertz CT molecular complexity index is 1150. The molecule has 0 atom stereocenters. The van der Waals surface area contributed by atoms with Crippen molar-refractivity contribution in [2.45, 2.75) is 6.18 Å². The van der Waals surface area contributed by atoms with Gasteiger partial charge >= 0.3 is 6.18 Å². The average molecular weight is 424 g/mol. The molecule has 4 rings (SSSR count). The van der Waals surface area contributed by atoms with Crippen molar-refractivity contribution in [3.63, 3.8) is 0 Å². The molecule has 0 aliphatic heterocycles. The van der Waals surface area contributed by atoms with Crippen molar-refractivity contribution in [3.05, 3.63) is 60.7 Å². The zero-order chi connectivity index (χ0) is 19.9. The molecule has 0 unspecified atom stereocenters.